The van der Waals surface area contributed by atoms with Crippen molar-refractivity contribution in [1.82, 2.24) is 8.61 Å². The van der Waals surface area contributed by atoms with Crippen molar-refractivity contribution in [2.45, 2.75) is 50.4 Å². The average Bonchev–Trinajstić information content (AvgIpc) is 2.66. The van der Waals surface area contributed by atoms with Crippen LogP contribution >= 0.6 is 11.8 Å². The highest BCUT2D eigenvalue weighted by atomic mass is 32.2. The lowest BCUT2D eigenvalue weighted by Gasteiger charge is -2.31. The fourth-order valence-corrected chi connectivity index (χ4v) is 6.50. The smallest absolute Gasteiger partial charge is 0.322 e. The lowest BCUT2D eigenvalue weighted by Crippen LogP contribution is -2.52. The summed E-state index contributed by atoms with van der Waals surface area (Å²) in [7, 11) is -3.68. The molecule has 8 heteroatoms. The molecule has 2 aliphatic rings. The number of hydrogen-bond acceptors (Lipinski definition) is 4. The maximum atomic E-state index is 12.8. The van der Waals surface area contributed by atoms with Crippen LogP contribution in [-0.4, -0.2) is 58.4 Å². The Labute approximate surface area is 124 Å². The second-order valence-corrected chi connectivity index (χ2v) is 8.25. The summed E-state index contributed by atoms with van der Waals surface area (Å²) < 4.78 is 28.3. The van der Waals surface area contributed by atoms with E-state index in [-0.39, 0.29) is 5.37 Å². The number of carbonyl (C=O) groups is 1. The minimum absolute atomic E-state index is 0.260. The molecule has 0 aromatic rings. The van der Waals surface area contributed by atoms with Crippen LogP contribution in [0.1, 0.15) is 39.0 Å². The first kappa shape index (κ1) is 16.1. The van der Waals surface area contributed by atoms with Crippen molar-refractivity contribution >= 4 is 27.9 Å². The summed E-state index contributed by atoms with van der Waals surface area (Å²) in [6, 6.07) is -0.932. The second kappa shape index (κ2) is 6.64. The van der Waals surface area contributed by atoms with Gasteiger partial charge < -0.3 is 5.11 Å². The molecule has 0 radical (unpaired) electrons. The van der Waals surface area contributed by atoms with Gasteiger partial charge in [0.1, 0.15) is 6.04 Å². The first-order valence-electron chi connectivity index (χ1n) is 7.11. The van der Waals surface area contributed by atoms with E-state index in [1.165, 1.54) is 20.4 Å². The normalized spacial score (nSPS) is 30.2. The molecular weight excluding hydrogens is 300 g/mol. The number of nitrogens with zero attached hydrogens (tertiary/aromatic N) is 2. The van der Waals surface area contributed by atoms with Crippen LogP contribution in [0.5, 0.6) is 0 Å². The topological polar surface area (TPSA) is 77.9 Å². The Morgan fingerprint density at radius 2 is 1.85 bits per heavy atom. The molecule has 0 amide bonds. The zero-order valence-corrected chi connectivity index (χ0v) is 13.3. The minimum Gasteiger partial charge on any atom is -0.480 e. The van der Waals surface area contributed by atoms with E-state index in [0.29, 0.717) is 25.3 Å². The molecular formula is C12H22N2O4S2. The van der Waals surface area contributed by atoms with E-state index in [2.05, 4.69) is 0 Å². The largest absolute Gasteiger partial charge is 0.480 e. The Balaban J connectivity index is 2.26. The van der Waals surface area contributed by atoms with Gasteiger partial charge in [-0.1, -0.05) is 19.8 Å². The molecule has 1 N–H and O–H groups in total. The number of carboxylic acid groups (broad SMARTS) is 1. The van der Waals surface area contributed by atoms with E-state index in [1.807, 2.05) is 6.92 Å². The van der Waals surface area contributed by atoms with Gasteiger partial charge in [0.25, 0.3) is 10.2 Å². The zero-order valence-electron chi connectivity index (χ0n) is 11.7. The van der Waals surface area contributed by atoms with Crippen molar-refractivity contribution in [2.24, 2.45) is 0 Å². The van der Waals surface area contributed by atoms with Gasteiger partial charge in [-0.05, 0) is 19.3 Å². The molecule has 2 rings (SSSR count). The zero-order chi connectivity index (χ0) is 14.8. The third-order valence-corrected chi connectivity index (χ3v) is 7.48. The van der Waals surface area contributed by atoms with Gasteiger partial charge in [-0.2, -0.15) is 17.0 Å². The Morgan fingerprint density at radius 1 is 1.25 bits per heavy atom. The Bertz CT molecular complexity index is 446. The Morgan fingerprint density at radius 3 is 2.35 bits per heavy atom. The fourth-order valence-electron chi connectivity index (χ4n) is 2.74. The number of aliphatic carboxylic acids is 1. The summed E-state index contributed by atoms with van der Waals surface area (Å²) in [5, 5.41) is 9.02. The van der Waals surface area contributed by atoms with Gasteiger partial charge in [-0.15, -0.1) is 11.8 Å². The molecule has 0 bridgehead atoms. The van der Waals surface area contributed by atoms with Crippen LogP contribution in [0.25, 0.3) is 0 Å². The molecule has 2 fully saturated rings. The van der Waals surface area contributed by atoms with Gasteiger partial charge in [0.05, 0.1) is 5.37 Å². The van der Waals surface area contributed by atoms with E-state index in [4.69, 9.17) is 0 Å². The highest BCUT2D eigenvalue weighted by Crippen LogP contribution is 2.35. The molecule has 0 aliphatic carbocycles. The molecule has 2 saturated heterocycles. The summed E-state index contributed by atoms with van der Waals surface area (Å²) in [4.78, 5) is 11.3. The van der Waals surface area contributed by atoms with Crippen molar-refractivity contribution in [3.8, 4) is 0 Å². The third kappa shape index (κ3) is 3.13. The summed E-state index contributed by atoms with van der Waals surface area (Å²) in [5.74, 6) is -0.715. The standard InChI is InChI=1S/C12H22N2O4S2/c1-2-11-14(10(9-19-11)12(15)16)20(17,18)13-7-5-3-4-6-8-13/h10-11H,2-9H2,1H3,(H,15,16). The quantitative estimate of drug-likeness (QED) is 0.845. The van der Waals surface area contributed by atoms with Crippen molar-refractivity contribution in [3.05, 3.63) is 0 Å². The van der Waals surface area contributed by atoms with Crippen LogP contribution in [0, 0.1) is 0 Å². The minimum atomic E-state index is -3.68. The lowest BCUT2D eigenvalue weighted by atomic mass is 10.2. The van der Waals surface area contributed by atoms with E-state index in [0.717, 1.165) is 25.7 Å². The number of hydrogen-bond donors (Lipinski definition) is 1. The van der Waals surface area contributed by atoms with Crippen LogP contribution in [0.15, 0.2) is 0 Å². The summed E-state index contributed by atoms with van der Waals surface area (Å²) in [6.07, 6.45) is 4.42. The molecule has 2 atom stereocenters. The number of thioether (sulfide) groups is 1. The molecule has 0 aromatic heterocycles. The van der Waals surface area contributed by atoms with E-state index in [1.54, 1.807) is 0 Å². The molecule has 2 heterocycles. The predicted octanol–water partition coefficient (Wildman–Crippen LogP) is 1.35. The molecule has 2 aliphatic heterocycles. The van der Waals surface area contributed by atoms with Gasteiger partial charge in [0.2, 0.25) is 0 Å². The van der Waals surface area contributed by atoms with Gasteiger partial charge in [-0.25, -0.2) is 0 Å². The van der Waals surface area contributed by atoms with Crippen LogP contribution in [0.3, 0.4) is 0 Å². The molecule has 0 aromatic carbocycles. The molecule has 0 saturated carbocycles. The van der Waals surface area contributed by atoms with Crippen molar-refractivity contribution in [3.63, 3.8) is 0 Å². The first-order valence-corrected chi connectivity index (χ1v) is 9.56. The Hall–Kier alpha value is -0.310. The van der Waals surface area contributed by atoms with Crippen molar-refractivity contribution < 1.29 is 18.3 Å². The van der Waals surface area contributed by atoms with Crippen LogP contribution in [0.2, 0.25) is 0 Å². The molecule has 116 valence electrons. The van der Waals surface area contributed by atoms with Gasteiger partial charge in [-0.3, -0.25) is 4.79 Å². The lowest BCUT2D eigenvalue weighted by molar-refractivity contribution is -0.140. The first-order chi connectivity index (χ1) is 9.48. The Kier molecular flexibility index (Phi) is 5.33. The van der Waals surface area contributed by atoms with E-state index < -0.39 is 22.2 Å². The van der Waals surface area contributed by atoms with Crippen molar-refractivity contribution in [1.29, 1.82) is 0 Å². The number of carboxylic acids is 1. The monoisotopic (exact) mass is 322 g/mol. The molecule has 2 unspecified atom stereocenters. The molecule has 6 nitrogen and oxygen atoms in total. The second-order valence-electron chi connectivity index (χ2n) is 5.20. The average molecular weight is 322 g/mol. The van der Waals surface area contributed by atoms with E-state index >= 15 is 0 Å². The summed E-state index contributed by atoms with van der Waals surface area (Å²) in [5.41, 5.74) is 0. The highest BCUT2D eigenvalue weighted by molar-refractivity contribution is 8.01. The van der Waals surface area contributed by atoms with Gasteiger partial charge >= 0.3 is 5.97 Å². The molecule has 0 spiro atoms. The van der Waals surface area contributed by atoms with Gasteiger partial charge in [0.15, 0.2) is 0 Å². The number of rotatable bonds is 4. The van der Waals surface area contributed by atoms with Crippen LogP contribution in [0.4, 0.5) is 0 Å². The fraction of sp³-hybridized carbons (Fsp3) is 0.917. The highest BCUT2D eigenvalue weighted by Gasteiger charge is 2.47. The van der Waals surface area contributed by atoms with Crippen LogP contribution in [-0.2, 0) is 15.0 Å². The summed E-state index contributed by atoms with van der Waals surface area (Å²) >= 11 is 1.42. The maximum Gasteiger partial charge on any atom is 0.322 e. The SMILES string of the molecule is CCC1SCC(C(=O)O)N1S(=O)(=O)N1CCCCCC1. The predicted molar refractivity (Wildman–Crippen MR) is 78.8 cm³/mol. The maximum absolute atomic E-state index is 12.8. The molecule has 20 heavy (non-hydrogen) atoms. The third-order valence-electron chi connectivity index (χ3n) is 3.83. The van der Waals surface area contributed by atoms with Crippen LogP contribution < -0.4 is 0 Å². The van der Waals surface area contributed by atoms with Crippen molar-refractivity contribution in [2.75, 3.05) is 18.8 Å². The summed E-state index contributed by atoms with van der Waals surface area (Å²) in [6.45, 7) is 2.91. The van der Waals surface area contributed by atoms with E-state index in [9.17, 15) is 18.3 Å². The van der Waals surface area contributed by atoms with Gasteiger partial charge in [0, 0.05) is 18.8 Å².